The molecule has 0 saturated carbocycles. The van der Waals surface area contributed by atoms with Crippen LogP contribution in [0.1, 0.15) is 11.6 Å². The van der Waals surface area contributed by atoms with Crippen molar-refractivity contribution in [2.45, 2.75) is 19.3 Å². The molecule has 7 nitrogen and oxygen atoms in total. The lowest BCUT2D eigenvalue weighted by Crippen LogP contribution is -2.30. The van der Waals surface area contributed by atoms with Gasteiger partial charge >= 0.3 is 0 Å². The Balaban J connectivity index is 1.55. The number of hydrogen-bond acceptors (Lipinski definition) is 6. The summed E-state index contributed by atoms with van der Waals surface area (Å²) < 4.78 is 12.1. The number of aliphatic hydroxyl groups excluding tert-OH is 1. The maximum absolute atomic E-state index is 9.70. The minimum atomic E-state index is -0.571. The predicted octanol–water partition coefficient (Wildman–Crippen LogP) is 0.0754. The number of nitrogens with zero attached hydrogens (tertiary/aromatic N) is 3. The second kappa shape index (κ2) is 7.03. The lowest BCUT2D eigenvalue weighted by atomic mass is 10.3. The van der Waals surface area contributed by atoms with Crippen LogP contribution in [-0.4, -0.2) is 39.1 Å². The highest BCUT2D eigenvalue weighted by molar-refractivity contribution is 4.96. The Bertz CT molecular complexity index is 469. The molecule has 0 bridgehead atoms. The standard InChI is InChI=1S/C12H18N4O3/c1-16-9-14-12(15-16)6-13-5-10(17)7-18-8-11-3-2-4-19-11/h2-4,9-10,13,17H,5-8H2,1H3. The van der Waals surface area contributed by atoms with E-state index in [1.807, 2.05) is 13.1 Å². The Labute approximate surface area is 111 Å². The van der Waals surface area contributed by atoms with Gasteiger partial charge < -0.3 is 19.6 Å². The first-order valence-corrected chi connectivity index (χ1v) is 6.07. The summed E-state index contributed by atoms with van der Waals surface area (Å²) in [7, 11) is 1.81. The second-order valence-corrected chi connectivity index (χ2v) is 4.21. The quantitative estimate of drug-likeness (QED) is 0.703. The van der Waals surface area contributed by atoms with Crippen LogP contribution in [0.15, 0.2) is 29.1 Å². The van der Waals surface area contributed by atoms with Gasteiger partial charge in [0.15, 0.2) is 5.82 Å². The molecule has 0 saturated heterocycles. The van der Waals surface area contributed by atoms with Gasteiger partial charge in [0.2, 0.25) is 0 Å². The zero-order chi connectivity index (χ0) is 13.5. The normalized spacial score (nSPS) is 12.7. The van der Waals surface area contributed by atoms with Gasteiger partial charge in [0.1, 0.15) is 18.7 Å². The molecule has 104 valence electrons. The highest BCUT2D eigenvalue weighted by atomic mass is 16.5. The first-order valence-electron chi connectivity index (χ1n) is 6.07. The van der Waals surface area contributed by atoms with Crippen LogP contribution in [-0.2, 0) is 24.9 Å². The maximum Gasteiger partial charge on any atom is 0.164 e. The largest absolute Gasteiger partial charge is 0.467 e. The van der Waals surface area contributed by atoms with Gasteiger partial charge in [0.25, 0.3) is 0 Å². The Morgan fingerprint density at radius 2 is 2.47 bits per heavy atom. The van der Waals surface area contributed by atoms with Crippen molar-refractivity contribution in [2.75, 3.05) is 13.2 Å². The van der Waals surface area contributed by atoms with E-state index in [1.165, 1.54) is 0 Å². The Hall–Kier alpha value is -1.70. The number of rotatable bonds is 8. The first-order chi connectivity index (χ1) is 9.24. The molecule has 2 aromatic heterocycles. The van der Waals surface area contributed by atoms with Gasteiger partial charge in [-0.05, 0) is 12.1 Å². The molecule has 2 N–H and O–H groups in total. The van der Waals surface area contributed by atoms with E-state index in [0.29, 0.717) is 25.5 Å². The van der Waals surface area contributed by atoms with Crippen molar-refractivity contribution in [3.05, 3.63) is 36.3 Å². The smallest absolute Gasteiger partial charge is 0.164 e. The van der Waals surface area contributed by atoms with Crippen LogP contribution < -0.4 is 5.32 Å². The molecule has 0 radical (unpaired) electrons. The SMILES string of the molecule is Cn1cnc(CNCC(O)COCc2ccco2)n1. The number of nitrogens with one attached hydrogen (secondary N) is 1. The molecule has 0 aromatic carbocycles. The molecular formula is C12H18N4O3. The monoisotopic (exact) mass is 266 g/mol. The fraction of sp³-hybridized carbons (Fsp3) is 0.500. The van der Waals surface area contributed by atoms with Crippen LogP contribution in [0.3, 0.4) is 0 Å². The summed E-state index contributed by atoms with van der Waals surface area (Å²) in [6.45, 7) is 1.57. The third-order valence-electron chi connectivity index (χ3n) is 2.44. The van der Waals surface area contributed by atoms with Gasteiger partial charge in [0.05, 0.1) is 25.5 Å². The van der Waals surface area contributed by atoms with Crippen LogP contribution in [0.25, 0.3) is 0 Å². The van der Waals surface area contributed by atoms with Gasteiger partial charge in [-0.3, -0.25) is 4.68 Å². The summed E-state index contributed by atoms with van der Waals surface area (Å²) in [5, 5.41) is 16.9. The Kier molecular flexibility index (Phi) is 5.08. The minimum absolute atomic E-state index is 0.253. The molecule has 2 aromatic rings. The molecule has 2 rings (SSSR count). The molecule has 0 aliphatic carbocycles. The zero-order valence-electron chi connectivity index (χ0n) is 10.8. The summed E-state index contributed by atoms with van der Waals surface area (Å²) in [4.78, 5) is 4.07. The van der Waals surface area contributed by atoms with Crippen molar-refractivity contribution in [1.82, 2.24) is 20.1 Å². The van der Waals surface area contributed by atoms with E-state index in [0.717, 1.165) is 5.76 Å². The molecule has 0 spiro atoms. The van der Waals surface area contributed by atoms with E-state index in [-0.39, 0.29) is 6.61 Å². The van der Waals surface area contributed by atoms with Crippen molar-refractivity contribution < 1.29 is 14.3 Å². The minimum Gasteiger partial charge on any atom is -0.467 e. The number of furan rings is 1. The Morgan fingerprint density at radius 3 is 3.16 bits per heavy atom. The maximum atomic E-state index is 9.70. The van der Waals surface area contributed by atoms with E-state index in [4.69, 9.17) is 9.15 Å². The highest BCUT2D eigenvalue weighted by Crippen LogP contribution is 2.01. The first kappa shape index (κ1) is 13.7. The number of aliphatic hydroxyl groups is 1. The average molecular weight is 266 g/mol. The summed E-state index contributed by atoms with van der Waals surface area (Å²) in [5.41, 5.74) is 0. The number of aromatic nitrogens is 3. The summed E-state index contributed by atoms with van der Waals surface area (Å²) in [6, 6.07) is 3.63. The predicted molar refractivity (Wildman–Crippen MR) is 67.1 cm³/mol. The third-order valence-corrected chi connectivity index (χ3v) is 2.44. The fourth-order valence-electron chi connectivity index (χ4n) is 1.56. The second-order valence-electron chi connectivity index (χ2n) is 4.21. The van der Waals surface area contributed by atoms with Crippen molar-refractivity contribution in [3.8, 4) is 0 Å². The molecule has 0 aliphatic heterocycles. The summed E-state index contributed by atoms with van der Waals surface area (Å²) >= 11 is 0. The lowest BCUT2D eigenvalue weighted by Gasteiger charge is -2.10. The third kappa shape index (κ3) is 4.82. The molecule has 0 fully saturated rings. The van der Waals surface area contributed by atoms with Gasteiger partial charge in [-0.15, -0.1) is 0 Å². The van der Waals surface area contributed by atoms with Crippen molar-refractivity contribution in [2.24, 2.45) is 7.05 Å². The molecule has 19 heavy (non-hydrogen) atoms. The van der Waals surface area contributed by atoms with Crippen LogP contribution in [0.2, 0.25) is 0 Å². The van der Waals surface area contributed by atoms with E-state index < -0.39 is 6.10 Å². The van der Waals surface area contributed by atoms with E-state index in [2.05, 4.69) is 15.4 Å². The summed E-state index contributed by atoms with van der Waals surface area (Å²) in [5.74, 6) is 1.45. The van der Waals surface area contributed by atoms with Gasteiger partial charge in [-0.1, -0.05) is 0 Å². The summed E-state index contributed by atoms with van der Waals surface area (Å²) in [6.07, 6.45) is 2.66. The highest BCUT2D eigenvalue weighted by Gasteiger charge is 2.06. The van der Waals surface area contributed by atoms with Crippen LogP contribution in [0.4, 0.5) is 0 Å². The van der Waals surface area contributed by atoms with Gasteiger partial charge in [-0.2, -0.15) is 5.10 Å². The number of ether oxygens (including phenoxy) is 1. The molecule has 0 aliphatic rings. The average Bonchev–Trinajstić information content (AvgIpc) is 3.01. The van der Waals surface area contributed by atoms with E-state index in [9.17, 15) is 5.11 Å². The fourth-order valence-corrected chi connectivity index (χ4v) is 1.56. The molecule has 2 heterocycles. The zero-order valence-corrected chi connectivity index (χ0v) is 10.8. The lowest BCUT2D eigenvalue weighted by molar-refractivity contribution is 0.0225. The van der Waals surface area contributed by atoms with Crippen molar-refractivity contribution in [3.63, 3.8) is 0 Å². The Morgan fingerprint density at radius 1 is 1.58 bits per heavy atom. The van der Waals surface area contributed by atoms with Gasteiger partial charge in [0, 0.05) is 13.6 Å². The molecule has 1 unspecified atom stereocenters. The van der Waals surface area contributed by atoms with Crippen LogP contribution in [0, 0.1) is 0 Å². The number of aryl methyl sites for hydroxylation is 1. The number of hydrogen-bond donors (Lipinski definition) is 2. The molecule has 7 heteroatoms. The van der Waals surface area contributed by atoms with Crippen LogP contribution >= 0.6 is 0 Å². The van der Waals surface area contributed by atoms with Crippen molar-refractivity contribution >= 4 is 0 Å². The van der Waals surface area contributed by atoms with E-state index >= 15 is 0 Å². The molecule has 1 atom stereocenters. The van der Waals surface area contributed by atoms with Crippen molar-refractivity contribution in [1.29, 1.82) is 0 Å². The molecular weight excluding hydrogens is 248 g/mol. The molecule has 0 amide bonds. The van der Waals surface area contributed by atoms with Gasteiger partial charge in [-0.25, -0.2) is 4.98 Å². The van der Waals surface area contributed by atoms with Crippen LogP contribution in [0.5, 0.6) is 0 Å². The van der Waals surface area contributed by atoms with E-state index in [1.54, 1.807) is 23.3 Å². The topological polar surface area (TPSA) is 85.3 Å².